The van der Waals surface area contributed by atoms with E-state index in [2.05, 4.69) is 21.6 Å². The molecule has 0 spiro atoms. The number of rotatable bonds is 7. The number of hydrogen-bond acceptors (Lipinski definition) is 4. The van der Waals surface area contributed by atoms with Gasteiger partial charge in [-0.3, -0.25) is 9.48 Å². The summed E-state index contributed by atoms with van der Waals surface area (Å²) in [7, 11) is 0. The first-order chi connectivity index (χ1) is 15.8. The number of aryl methyl sites for hydroxylation is 3. The number of nitrogens with zero attached hydrogens (tertiary/aromatic N) is 4. The molecule has 1 amide bonds. The molecule has 170 valence electrons. The highest BCUT2D eigenvalue weighted by molar-refractivity contribution is 6.30. The van der Waals surface area contributed by atoms with E-state index in [1.165, 1.54) is 5.56 Å². The molecule has 0 aliphatic carbocycles. The zero-order valence-electron chi connectivity index (χ0n) is 19.1. The molecule has 0 saturated heterocycles. The van der Waals surface area contributed by atoms with Gasteiger partial charge >= 0.3 is 0 Å². The molecule has 0 bridgehead atoms. The second kappa shape index (κ2) is 9.50. The van der Waals surface area contributed by atoms with Gasteiger partial charge in [0.1, 0.15) is 5.75 Å². The van der Waals surface area contributed by atoms with Crippen molar-refractivity contribution in [3.63, 3.8) is 0 Å². The molecule has 0 aliphatic heterocycles. The second-order valence-electron chi connectivity index (χ2n) is 8.07. The van der Waals surface area contributed by atoms with Crippen molar-refractivity contribution in [2.45, 2.75) is 41.0 Å². The lowest BCUT2D eigenvalue weighted by atomic mass is 10.1. The summed E-state index contributed by atoms with van der Waals surface area (Å²) in [5.41, 5.74) is 5.92. The Hall–Kier alpha value is -3.58. The highest BCUT2D eigenvalue weighted by Crippen LogP contribution is 2.22. The van der Waals surface area contributed by atoms with E-state index in [1.54, 1.807) is 16.9 Å². The third kappa shape index (κ3) is 5.26. The van der Waals surface area contributed by atoms with Gasteiger partial charge < -0.3 is 10.1 Å². The number of amides is 1. The van der Waals surface area contributed by atoms with Crippen molar-refractivity contribution >= 4 is 23.2 Å². The van der Waals surface area contributed by atoms with Gasteiger partial charge in [-0.05, 0) is 63.1 Å². The number of carbonyl (C=O) groups excluding carboxylic acids is 1. The Labute approximate surface area is 197 Å². The van der Waals surface area contributed by atoms with Crippen LogP contribution in [0, 0.1) is 27.7 Å². The Morgan fingerprint density at radius 1 is 1.03 bits per heavy atom. The SMILES string of the molecule is Cc1ccc(OCn2ccc(C(=O)Nc3c(C)nn(Cc4ccc(Cl)cc4)c3C)n2)c(C)c1. The van der Waals surface area contributed by atoms with Crippen molar-refractivity contribution in [1.29, 1.82) is 0 Å². The first-order valence-electron chi connectivity index (χ1n) is 10.6. The van der Waals surface area contributed by atoms with Gasteiger partial charge in [0.2, 0.25) is 0 Å². The molecule has 0 unspecified atom stereocenters. The maximum Gasteiger partial charge on any atom is 0.276 e. The number of nitrogens with one attached hydrogen (secondary N) is 1. The van der Waals surface area contributed by atoms with Crippen molar-refractivity contribution in [3.05, 3.63) is 93.5 Å². The highest BCUT2D eigenvalue weighted by Gasteiger charge is 2.17. The van der Waals surface area contributed by atoms with Crippen molar-refractivity contribution in [1.82, 2.24) is 19.6 Å². The van der Waals surface area contributed by atoms with Gasteiger partial charge in [0.15, 0.2) is 12.4 Å². The third-order valence-corrected chi connectivity index (χ3v) is 5.67. The maximum absolute atomic E-state index is 12.8. The summed E-state index contributed by atoms with van der Waals surface area (Å²) in [4.78, 5) is 12.8. The molecule has 33 heavy (non-hydrogen) atoms. The van der Waals surface area contributed by atoms with Gasteiger partial charge in [0.05, 0.1) is 23.6 Å². The Bertz CT molecular complexity index is 1290. The fraction of sp³-hybridized carbons (Fsp3) is 0.240. The van der Waals surface area contributed by atoms with E-state index in [9.17, 15) is 4.79 Å². The van der Waals surface area contributed by atoms with E-state index in [4.69, 9.17) is 16.3 Å². The molecule has 4 rings (SSSR count). The summed E-state index contributed by atoms with van der Waals surface area (Å²) in [5, 5.41) is 12.6. The van der Waals surface area contributed by atoms with E-state index in [0.717, 1.165) is 28.3 Å². The quantitative estimate of drug-likeness (QED) is 0.403. The number of carbonyl (C=O) groups is 1. The van der Waals surface area contributed by atoms with E-state index < -0.39 is 0 Å². The molecule has 7 nitrogen and oxygen atoms in total. The van der Waals surface area contributed by atoms with Crippen LogP contribution in [0.25, 0.3) is 0 Å². The molecule has 2 heterocycles. The van der Waals surface area contributed by atoms with E-state index in [0.29, 0.717) is 22.9 Å². The van der Waals surface area contributed by atoms with Crippen LogP contribution in [0.2, 0.25) is 5.02 Å². The third-order valence-electron chi connectivity index (χ3n) is 5.42. The Balaban J connectivity index is 1.42. The molecular weight excluding hydrogens is 438 g/mol. The summed E-state index contributed by atoms with van der Waals surface area (Å²) in [6.07, 6.45) is 1.72. The number of anilines is 1. The largest absolute Gasteiger partial charge is 0.471 e. The van der Waals surface area contributed by atoms with Crippen LogP contribution in [-0.2, 0) is 13.3 Å². The van der Waals surface area contributed by atoms with Crippen molar-refractivity contribution in [2.24, 2.45) is 0 Å². The lowest BCUT2D eigenvalue weighted by Gasteiger charge is -2.09. The molecule has 4 aromatic rings. The first-order valence-corrected chi connectivity index (χ1v) is 11.0. The lowest BCUT2D eigenvalue weighted by Crippen LogP contribution is -2.15. The molecule has 0 radical (unpaired) electrons. The standard InChI is InChI=1S/C25H26ClN5O2/c1-16-5-10-23(17(2)13-16)33-15-30-12-11-22(29-30)25(32)27-24-18(3)28-31(19(24)4)14-20-6-8-21(26)9-7-20/h5-13H,14-15H2,1-4H3,(H,27,32). The molecule has 0 aliphatic rings. The van der Waals surface area contributed by atoms with Crippen LogP contribution >= 0.6 is 11.6 Å². The summed E-state index contributed by atoms with van der Waals surface area (Å²) in [6.45, 7) is 8.65. The maximum atomic E-state index is 12.8. The zero-order chi connectivity index (χ0) is 23.5. The Morgan fingerprint density at radius 2 is 1.79 bits per heavy atom. The van der Waals surface area contributed by atoms with Crippen molar-refractivity contribution in [3.8, 4) is 5.75 Å². The number of halogens is 1. The number of ether oxygens (including phenoxy) is 1. The van der Waals surface area contributed by atoms with Crippen LogP contribution < -0.4 is 10.1 Å². The predicted octanol–water partition coefficient (Wildman–Crippen LogP) is 5.30. The number of hydrogen-bond donors (Lipinski definition) is 1. The molecular formula is C25H26ClN5O2. The first kappa shape index (κ1) is 22.6. The Kier molecular flexibility index (Phi) is 6.51. The van der Waals surface area contributed by atoms with Crippen LogP contribution in [0.1, 0.15) is 38.6 Å². The molecule has 8 heteroatoms. The van der Waals surface area contributed by atoms with E-state index >= 15 is 0 Å². The fourth-order valence-electron chi connectivity index (χ4n) is 3.62. The minimum absolute atomic E-state index is 0.217. The minimum atomic E-state index is -0.294. The van der Waals surface area contributed by atoms with Gasteiger partial charge in [-0.1, -0.05) is 41.4 Å². The molecule has 2 aromatic carbocycles. The van der Waals surface area contributed by atoms with E-state index in [-0.39, 0.29) is 12.6 Å². The van der Waals surface area contributed by atoms with E-state index in [1.807, 2.05) is 68.8 Å². The molecule has 0 fully saturated rings. The van der Waals surface area contributed by atoms with Gasteiger partial charge in [0, 0.05) is 11.2 Å². The highest BCUT2D eigenvalue weighted by atomic mass is 35.5. The molecule has 0 atom stereocenters. The Morgan fingerprint density at radius 3 is 2.52 bits per heavy atom. The average Bonchev–Trinajstić information content (AvgIpc) is 3.35. The lowest BCUT2D eigenvalue weighted by molar-refractivity contribution is 0.102. The van der Waals surface area contributed by atoms with Crippen molar-refractivity contribution in [2.75, 3.05) is 5.32 Å². The van der Waals surface area contributed by atoms with Crippen LogP contribution in [0.4, 0.5) is 5.69 Å². The van der Waals surface area contributed by atoms with Crippen LogP contribution in [0.15, 0.2) is 54.7 Å². The summed E-state index contributed by atoms with van der Waals surface area (Å²) in [6, 6.07) is 15.3. The van der Waals surface area contributed by atoms with Crippen molar-refractivity contribution < 1.29 is 9.53 Å². The van der Waals surface area contributed by atoms with Gasteiger partial charge in [0.25, 0.3) is 5.91 Å². The fourth-order valence-corrected chi connectivity index (χ4v) is 3.75. The molecule has 0 saturated carbocycles. The smallest absolute Gasteiger partial charge is 0.276 e. The van der Waals surface area contributed by atoms with Gasteiger partial charge in [-0.25, -0.2) is 4.68 Å². The summed E-state index contributed by atoms with van der Waals surface area (Å²) >= 11 is 5.97. The summed E-state index contributed by atoms with van der Waals surface area (Å²) < 4.78 is 9.30. The van der Waals surface area contributed by atoms with Crippen LogP contribution in [-0.4, -0.2) is 25.5 Å². The topological polar surface area (TPSA) is 74.0 Å². The van der Waals surface area contributed by atoms with Gasteiger partial charge in [-0.2, -0.15) is 10.2 Å². The monoisotopic (exact) mass is 463 g/mol. The second-order valence-corrected chi connectivity index (χ2v) is 8.50. The average molecular weight is 464 g/mol. The molecule has 2 aromatic heterocycles. The predicted molar refractivity (Wildman–Crippen MR) is 129 cm³/mol. The molecule has 1 N–H and O–H groups in total. The van der Waals surface area contributed by atoms with Crippen LogP contribution in [0.5, 0.6) is 5.75 Å². The number of benzene rings is 2. The normalized spacial score (nSPS) is 10.9. The number of aromatic nitrogens is 4. The minimum Gasteiger partial charge on any atom is -0.471 e. The summed E-state index contributed by atoms with van der Waals surface area (Å²) in [5.74, 6) is 0.499. The zero-order valence-corrected chi connectivity index (χ0v) is 19.8. The van der Waals surface area contributed by atoms with Crippen LogP contribution in [0.3, 0.4) is 0 Å². The van der Waals surface area contributed by atoms with Gasteiger partial charge in [-0.15, -0.1) is 0 Å².